The van der Waals surface area contributed by atoms with Crippen molar-refractivity contribution in [2.75, 3.05) is 0 Å². The number of benzene rings is 1. The zero-order valence-electron chi connectivity index (χ0n) is 14.1. The highest BCUT2D eigenvalue weighted by molar-refractivity contribution is 14.1. The summed E-state index contributed by atoms with van der Waals surface area (Å²) in [7, 11) is 5.85. The van der Waals surface area contributed by atoms with Crippen molar-refractivity contribution in [3.05, 3.63) is 90.8 Å². The van der Waals surface area contributed by atoms with Gasteiger partial charge in [0.05, 0.1) is 11.4 Å². The molecule has 0 bridgehead atoms. The van der Waals surface area contributed by atoms with Crippen molar-refractivity contribution in [1.29, 1.82) is 0 Å². The third-order valence-corrected chi connectivity index (χ3v) is 5.62. The molecule has 0 amide bonds. The van der Waals surface area contributed by atoms with Crippen LogP contribution in [-0.4, -0.2) is 21.7 Å². The molecule has 4 rings (SSSR count). The predicted molar refractivity (Wildman–Crippen MR) is 117 cm³/mol. The molecule has 1 aromatic carbocycles. The van der Waals surface area contributed by atoms with Crippen molar-refractivity contribution in [3.63, 3.8) is 0 Å². The van der Waals surface area contributed by atoms with E-state index < -0.39 is 0 Å². The summed E-state index contributed by atoms with van der Waals surface area (Å²) in [5.41, 5.74) is 5.84. The van der Waals surface area contributed by atoms with Gasteiger partial charge in [-0.25, -0.2) is 0 Å². The maximum absolute atomic E-state index is 5.85. The van der Waals surface area contributed by atoms with Crippen molar-refractivity contribution in [1.82, 2.24) is 9.97 Å². The molecule has 2 aromatic heterocycles. The first kappa shape index (κ1) is 17.2. The molecule has 2 radical (unpaired) electrons. The van der Waals surface area contributed by atoms with Gasteiger partial charge in [-0.15, -0.1) is 0 Å². The van der Waals surface area contributed by atoms with Crippen LogP contribution in [0.5, 0.6) is 0 Å². The minimum absolute atomic E-state index is 0.247. The second-order valence-corrected chi connectivity index (χ2v) is 7.68. The lowest BCUT2D eigenvalue weighted by molar-refractivity contribution is 0.852. The van der Waals surface area contributed by atoms with Crippen LogP contribution in [0.1, 0.15) is 11.6 Å². The van der Waals surface area contributed by atoms with Gasteiger partial charge in [0.15, 0.2) is 0 Å². The molecule has 0 saturated heterocycles. The van der Waals surface area contributed by atoms with Gasteiger partial charge in [-0.05, 0) is 35.4 Å². The Morgan fingerprint density at radius 3 is 2.38 bits per heavy atom. The van der Waals surface area contributed by atoms with Crippen LogP contribution < -0.4 is 5.46 Å². The van der Waals surface area contributed by atoms with E-state index in [9.17, 15) is 0 Å². The molecule has 1 aliphatic rings. The molecule has 0 saturated carbocycles. The Balaban J connectivity index is 1.86. The molecule has 124 valence electrons. The minimum Gasteiger partial charge on any atom is -0.255 e. The van der Waals surface area contributed by atoms with Crippen LogP contribution in [0.4, 0.5) is 0 Å². The fourth-order valence-electron chi connectivity index (χ4n) is 3.05. The molecule has 0 fully saturated rings. The maximum atomic E-state index is 5.85. The zero-order chi connectivity index (χ0) is 17.9. The number of rotatable bonds is 3. The molecule has 1 aliphatic carbocycles. The van der Waals surface area contributed by atoms with Gasteiger partial charge < -0.3 is 0 Å². The van der Waals surface area contributed by atoms with Crippen LogP contribution in [0.25, 0.3) is 22.5 Å². The van der Waals surface area contributed by atoms with E-state index in [-0.39, 0.29) is 5.92 Å². The number of hydrogen-bond donors (Lipinski definition) is 0. The Labute approximate surface area is 168 Å². The highest BCUT2D eigenvalue weighted by Crippen LogP contribution is 2.33. The average molecular weight is 446 g/mol. The average Bonchev–Trinajstić information content (AvgIpc) is 2.69. The van der Waals surface area contributed by atoms with E-state index in [2.05, 4.69) is 76.1 Å². The molecule has 2 heterocycles. The molecule has 0 aliphatic heterocycles. The molecular formula is C22H16BIN2. The summed E-state index contributed by atoms with van der Waals surface area (Å²) in [4.78, 5) is 9.43. The fraction of sp³-hybridized carbons (Fsp3) is 0.0909. The Hall–Kier alpha value is -2.21. The van der Waals surface area contributed by atoms with Gasteiger partial charge in [0, 0.05) is 21.7 Å². The molecule has 2 atom stereocenters. The van der Waals surface area contributed by atoms with Crippen molar-refractivity contribution >= 4 is 35.9 Å². The maximum Gasteiger partial charge on any atom is 0.113 e. The number of nitrogens with zero attached hydrogens (tertiary/aromatic N) is 2. The number of hydrogen-bond acceptors (Lipinski definition) is 2. The van der Waals surface area contributed by atoms with Crippen molar-refractivity contribution in [2.45, 2.75) is 9.84 Å². The van der Waals surface area contributed by atoms with E-state index in [4.69, 9.17) is 12.8 Å². The SMILES string of the molecule is [B]c1ccc(-c2cc(-c3ccccn3)nc(C3C=CC=CC3I)c2)cc1. The molecular weight excluding hydrogens is 430 g/mol. The standard InChI is InChI=1S/C22H16BIN2/c23-17-10-8-15(9-11-17)16-13-21(18-5-1-2-6-19(18)24)26-22(14-16)20-7-3-4-12-25-20/h1-14,18-19H. The van der Waals surface area contributed by atoms with E-state index in [0.29, 0.717) is 3.92 Å². The van der Waals surface area contributed by atoms with Gasteiger partial charge in [0.1, 0.15) is 7.85 Å². The normalized spacial score (nSPS) is 18.8. The van der Waals surface area contributed by atoms with E-state index in [1.54, 1.807) is 6.20 Å². The molecule has 2 nitrogen and oxygen atoms in total. The van der Waals surface area contributed by atoms with Gasteiger partial charge >= 0.3 is 0 Å². The summed E-state index contributed by atoms with van der Waals surface area (Å²) in [5.74, 6) is 0.247. The Bertz CT molecular complexity index is 965. The van der Waals surface area contributed by atoms with Crippen molar-refractivity contribution in [3.8, 4) is 22.5 Å². The molecule has 4 heteroatoms. The van der Waals surface area contributed by atoms with Crippen molar-refractivity contribution in [2.24, 2.45) is 0 Å². The van der Waals surface area contributed by atoms with Crippen LogP contribution in [0, 0.1) is 0 Å². The first-order valence-electron chi connectivity index (χ1n) is 8.49. The molecule has 0 N–H and O–H groups in total. The van der Waals surface area contributed by atoms with Crippen LogP contribution in [-0.2, 0) is 0 Å². The Morgan fingerprint density at radius 1 is 0.846 bits per heavy atom. The lowest BCUT2D eigenvalue weighted by Gasteiger charge is -2.20. The number of halogens is 1. The monoisotopic (exact) mass is 446 g/mol. The van der Waals surface area contributed by atoms with E-state index >= 15 is 0 Å². The highest BCUT2D eigenvalue weighted by Gasteiger charge is 2.21. The predicted octanol–water partition coefficient (Wildman–Crippen LogP) is 4.62. The van der Waals surface area contributed by atoms with Crippen LogP contribution >= 0.6 is 22.6 Å². The van der Waals surface area contributed by atoms with Crippen molar-refractivity contribution < 1.29 is 0 Å². The third kappa shape index (κ3) is 3.65. The van der Waals surface area contributed by atoms with Gasteiger partial charge in [0.25, 0.3) is 0 Å². The number of alkyl halides is 1. The van der Waals surface area contributed by atoms with Gasteiger partial charge in [-0.2, -0.15) is 0 Å². The summed E-state index contributed by atoms with van der Waals surface area (Å²) in [5, 5.41) is 0. The minimum atomic E-state index is 0.247. The number of pyridine rings is 2. The molecule has 3 aromatic rings. The lowest BCUT2D eigenvalue weighted by Crippen LogP contribution is -2.12. The first-order chi connectivity index (χ1) is 12.7. The highest BCUT2D eigenvalue weighted by atomic mass is 127. The summed E-state index contributed by atoms with van der Waals surface area (Å²) in [6.45, 7) is 0. The number of allylic oxidation sites excluding steroid dienone is 4. The second-order valence-electron chi connectivity index (χ2n) is 6.24. The summed E-state index contributed by atoms with van der Waals surface area (Å²) in [6, 6.07) is 18.1. The van der Waals surface area contributed by atoms with Crippen LogP contribution in [0.3, 0.4) is 0 Å². The van der Waals surface area contributed by atoms with Crippen LogP contribution in [0.15, 0.2) is 85.1 Å². The van der Waals surface area contributed by atoms with Gasteiger partial charge in [-0.1, -0.05) is 82.7 Å². The number of aromatic nitrogens is 2. The zero-order valence-corrected chi connectivity index (χ0v) is 16.2. The Morgan fingerprint density at radius 2 is 1.65 bits per heavy atom. The largest absolute Gasteiger partial charge is 0.255 e. The van der Waals surface area contributed by atoms with Gasteiger partial charge in [-0.3, -0.25) is 9.97 Å². The Kier molecular flexibility index (Phi) is 5.02. The fourth-order valence-corrected chi connectivity index (χ4v) is 3.90. The topological polar surface area (TPSA) is 25.8 Å². The van der Waals surface area contributed by atoms with E-state index in [1.165, 1.54) is 0 Å². The van der Waals surface area contributed by atoms with E-state index in [0.717, 1.165) is 33.7 Å². The molecule has 26 heavy (non-hydrogen) atoms. The lowest BCUT2D eigenvalue weighted by atomic mass is 9.91. The molecule has 0 spiro atoms. The van der Waals surface area contributed by atoms with Gasteiger partial charge in [0.2, 0.25) is 0 Å². The quantitative estimate of drug-likeness (QED) is 0.334. The molecule has 2 unspecified atom stereocenters. The first-order valence-corrected chi connectivity index (χ1v) is 9.73. The summed E-state index contributed by atoms with van der Waals surface area (Å²) < 4.78 is 0.378. The van der Waals surface area contributed by atoms with E-state index in [1.807, 2.05) is 30.3 Å². The summed E-state index contributed by atoms with van der Waals surface area (Å²) >= 11 is 2.47. The third-order valence-electron chi connectivity index (χ3n) is 4.43. The second kappa shape index (κ2) is 7.58. The van der Waals surface area contributed by atoms with Crippen LogP contribution in [0.2, 0.25) is 0 Å². The summed E-state index contributed by atoms with van der Waals surface area (Å²) in [6.07, 6.45) is 10.4. The smallest absolute Gasteiger partial charge is 0.113 e.